The second-order valence-corrected chi connectivity index (χ2v) is 5.78. The molecule has 0 bridgehead atoms. The topological polar surface area (TPSA) is 33.5 Å². The van der Waals surface area contributed by atoms with Crippen LogP contribution in [-0.4, -0.2) is 28.7 Å². The summed E-state index contributed by atoms with van der Waals surface area (Å²) in [6, 6.07) is 0.420. The van der Waals surface area contributed by atoms with Crippen molar-refractivity contribution in [3.05, 3.63) is 22.6 Å². The number of rotatable bonds is 4. The van der Waals surface area contributed by atoms with E-state index in [4.69, 9.17) is 4.42 Å². The highest BCUT2D eigenvalue weighted by molar-refractivity contribution is 9.09. The van der Waals surface area contributed by atoms with Crippen molar-refractivity contribution in [2.45, 2.75) is 46.1 Å². The fourth-order valence-corrected chi connectivity index (χ4v) is 2.87. The quantitative estimate of drug-likeness (QED) is 0.796. The number of nitrogens with zero attached hydrogens (tertiary/aromatic N) is 1. The molecule has 1 aliphatic rings. The van der Waals surface area contributed by atoms with Gasteiger partial charge in [-0.05, 0) is 40.0 Å². The summed E-state index contributed by atoms with van der Waals surface area (Å²) >= 11 is 3.44. The zero-order valence-electron chi connectivity index (χ0n) is 11.3. The van der Waals surface area contributed by atoms with Gasteiger partial charge in [0.2, 0.25) is 0 Å². The Morgan fingerprint density at radius 2 is 2.00 bits per heavy atom. The second-order valence-electron chi connectivity index (χ2n) is 4.99. The molecule has 0 aliphatic heterocycles. The normalized spacial score (nSPS) is 15.6. The first-order valence-corrected chi connectivity index (χ1v) is 7.62. The summed E-state index contributed by atoms with van der Waals surface area (Å²) in [6.45, 7) is 6.52. The van der Waals surface area contributed by atoms with Crippen molar-refractivity contribution in [1.82, 2.24) is 4.90 Å². The number of amides is 1. The Morgan fingerprint density at radius 3 is 2.39 bits per heavy atom. The molecule has 1 saturated carbocycles. The Balaban J connectivity index is 2.26. The van der Waals surface area contributed by atoms with E-state index in [1.807, 2.05) is 25.7 Å². The molecule has 2 rings (SSSR count). The van der Waals surface area contributed by atoms with Crippen molar-refractivity contribution in [2.24, 2.45) is 0 Å². The average Bonchev–Trinajstić information content (AvgIpc) is 2.49. The first kappa shape index (κ1) is 13.7. The molecule has 0 spiro atoms. The zero-order chi connectivity index (χ0) is 13.3. The Hall–Kier alpha value is -0.770. The van der Waals surface area contributed by atoms with Gasteiger partial charge in [0.25, 0.3) is 5.91 Å². The van der Waals surface area contributed by atoms with Crippen LogP contribution in [0.15, 0.2) is 4.42 Å². The molecular weight excluding hydrogens is 294 g/mol. The number of aryl methyl sites for hydroxylation is 2. The van der Waals surface area contributed by atoms with Gasteiger partial charge in [-0.3, -0.25) is 4.79 Å². The predicted octanol–water partition coefficient (Wildman–Crippen LogP) is 3.59. The lowest BCUT2D eigenvalue weighted by Gasteiger charge is -2.37. The van der Waals surface area contributed by atoms with Gasteiger partial charge in [0, 0.05) is 23.5 Å². The van der Waals surface area contributed by atoms with Gasteiger partial charge in [0.1, 0.15) is 11.5 Å². The molecular formula is C14H20BrNO2. The third kappa shape index (κ3) is 2.35. The lowest BCUT2D eigenvalue weighted by Crippen LogP contribution is -2.45. The van der Waals surface area contributed by atoms with Gasteiger partial charge in [-0.25, -0.2) is 0 Å². The summed E-state index contributed by atoms with van der Waals surface area (Å²) in [5, 5.41) is 0.824. The fourth-order valence-electron chi connectivity index (χ4n) is 2.49. The Morgan fingerprint density at radius 1 is 1.33 bits per heavy atom. The van der Waals surface area contributed by atoms with E-state index in [-0.39, 0.29) is 5.91 Å². The molecule has 0 atom stereocenters. The summed E-state index contributed by atoms with van der Waals surface area (Å²) in [7, 11) is 0. The lowest BCUT2D eigenvalue weighted by molar-refractivity contribution is 0.0597. The highest BCUT2D eigenvalue weighted by atomic mass is 79.9. The van der Waals surface area contributed by atoms with Gasteiger partial charge < -0.3 is 9.32 Å². The second kappa shape index (κ2) is 5.47. The number of hydrogen-bond donors (Lipinski definition) is 0. The Bertz CT molecular complexity index is 449. The van der Waals surface area contributed by atoms with E-state index < -0.39 is 0 Å². The largest absolute Gasteiger partial charge is 0.466 e. The van der Waals surface area contributed by atoms with Crippen LogP contribution >= 0.6 is 15.9 Å². The van der Waals surface area contributed by atoms with Crippen LogP contribution in [0, 0.1) is 20.8 Å². The molecule has 0 unspecified atom stereocenters. The van der Waals surface area contributed by atoms with Gasteiger partial charge >= 0.3 is 0 Å². The van der Waals surface area contributed by atoms with Gasteiger partial charge in [0.05, 0.1) is 5.56 Å². The number of furan rings is 1. The van der Waals surface area contributed by atoms with Crippen LogP contribution in [0.2, 0.25) is 0 Å². The highest BCUT2D eigenvalue weighted by Crippen LogP contribution is 2.29. The van der Waals surface area contributed by atoms with E-state index in [1.165, 1.54) is 6.42 Å². The minimum atomic E-state index is 0.131. The molecule has 0 saturated heterocycles. The average molecular weight is 314 g/mol. The van der Waals surface area contributed by atoms with E-state index in [0.717, 1.165) is 47.4 Å². The SMILES string of the molecule is Cc1oc(C)c(C(=O)N(CCBr)C2CCC2)c1C. The molecule has 0 aromatic carbocycles. The molecule has 1 amide bonds. The molecule has 1 heterocycles. The molecule has 0 radical (unpaired) electrons. The van der Waals surface area contributed by atoms with Crippen LogP contribution in [0.4, 0.5) is 0 Å². The van der Waals surface area contributed by atoms with Crippen LogP contribution in [0.25, 0.3) is 0 Å². The predicted molar refractivity (Wildman–Crippen MR) is 75.4 cm³/mol. The van der Waals surface area contributed by atoms with E-state index >= 15 is 0 Å². The summed E-state index contributed by atoms with van der Waals surface area (Å²) in [6.07, 6.45) is 3.50. The zero-order valence-corrected chi connectivity index (χ0v) is 12.8. The van der Waals surface area contributed by atoms with Gasteiger partial charge in [0.15, 0.2) is 0 Å². The minimum absolute atomic E-state index is 0.131. The molecule has 1 aromatic heterocycles. The minimum Gasteiger partial charge on any atom is -0.466 e. The van der Waals surface area contributed by atoms with Gasteiger partial charge in [-0.2, -0.15) is 0 Å². The number of carbonyl (C=O) groups is 1. The molecule has 1 aromatic rings. The standard InChI is InChI=1S/C14H20BrNO2/c1-9-10(2)18-11(3)13(9)14(17)16(8-7-15)12-5-4-6-12/h12H,4-8H2,1-3H3. The monoisotopic (exact) mass is 313 g/mol. The van der Waals surface area contributed by atoms with Crippen molar-refractivity contribution in [3.8, 4) is 0 Å². The third-order valence-electron chi connectivity index (χ3n) is 3.88. The summed E-state index contributed by atoms with van der Waals surface area (Å²) in [4.78, 5) is 14.7. The first-order chi connectivity index (χ1) is 8.56. The van der Waals surface area contributed by atoms with E-state index in [9.17, 15) is 4.79 Å². The van der Waals surface area contributed by atoms with Gasteiger partial charge in [-0.1, -0.05) is 15.9 Å². The lowest BCUT2D eigenvalue weighted by atomic mass is 9.90. The maximum atomic E-state index is 12.7. The van der Waals surface area contributed by atoms with E-state index in [1.54, 1.807) is 0 Å². The van der Waals surface area contributed by atoms with E-state index in [0.29, 0.717) is 6.04 Å². The summed E-state index contributed by atoms with van der Waals surface area (Å²) < 4.78 is 5.57. The maximum absolute atomic E-state index is 12.7. The molecule has 1 aliphatic carbocycles. The number of alkyl halides is 1. The molecule has 3 nitrogen and oxygen atoms in total. The van der Waals surface area contributed by atoms with Crippen LogP contribution < -0.4 is 0 Å². The Kier molecular flexibility index (Phi) is 4.15. The van der Waals surface area contributed by atoms with Crippen LogP contribution in [0.1, 0.15) is 46.7 Å². The summed E-state index contributed by atoms with van der Waals surface area (Å²) in [5.41, 5.74) is 1.75. The fraction of sp³-hybridized carbons (Fsp3) is 0.643. The van der Waals surface area contributed by atoms with Crippen molar-refractivity contribution >= 4 is 21.8 Å². The van der Waals surface area contributed by atoms with Gasteiger partial charge in [-0.15, -0.1) is 0 Å². The van der Waals surface area contributed by atoms with Crippen molar-refractivity contribution in [1.29, 1.82) is 0 Å². The molecule has 4 heteroatoms. The molecule has 100 valence electrons. The van der Waals surface area contributed by atoms with Crippen molar-refractivity contribution in [2.75, 3.05) is 11.9 Å². The van der Waals surface area contributed by atoms with Crippen LogP contribution in [0.3, 0.4) is 0 Å². The number of hydrogen-bond acceptors (Lipinski definition) is 2. The Labute approximate surface area is 117 Å². The third-order valence-corrected chi connectivity index (χ3v) is 4.23. The first-order valence-electron chi connectivity index (χ1n) is 6.49. The molecule has 0 N–H and O–H groups in total. The maximum Gasteiger partial charge on any atom is 0.257 e. The highest BCUT2D eigenvalue weighted by Gasteiger charge is 2.31. The van der Waals surface area contributed by atoms with Crippen LogP contribution in [0.5, 0.6) is 0 Å². The van der Waals surface area contributed by atoms with Crippen molar-refractivity contribution in [3.63, 3.8) is 0 Å². The molecule has 18 heavy (non-hydrogen) atoms. The van der Waals surface area contributed by atoms with E-state index in [2.05, 4.69) is 15.9 Å². The summed E-state index contributed by atoms with van der Waals surface area (Å²) in [5.74, 6) is 1.73. The molecule has 1 fully saturated rings. The van der Waals surface area contributed by atoms with Crippen molar-refractivity contribution < 1.29 is 9.21 Å². The number of carbonyl (C=O) groups excluding carboxylic acids is 1. The smallest absolute Gasteiger partial charge is 0.257 e. The number of halogens is 1. The van der Waals surface area contributed by atoms with Crippen LogP contribution in [-0.2, 0) is 0 Å².